The van der Waals surface area contributed by atoms with Crippen LogP contribution < -0.4 is 10.6 Å². The van der Waals surface area contributed by atoms with Crippen LogP contribution in [-0.2, 0) is 26.6 Å². The molecule has 0 amide bonds. The van der Waals surface area contributed by atoms with E-state index in [9.17, 15) is 0 Å². The molecule has 0 aromatic carbocycles. The van der Waals surface area contributed by atoms with Gasteiger partial charge in [-0.3, -0.25) is 0 Å². The molecule has 0 radical (unpaired) electrons. The molecule has 0 saturated heterocycles. The molecule has 7 nitrogen and oxygen atoms in total. The van der Waals surface area contributed by atoms with Crippen LogP contribution >= 0.6 is 22.7 Å². The largest absolute Gasteiger partial charge is 0.356 e. The molecule has 9 heteroatoms. The summed E-state index contributed by atoms with van der Waals surface area (Å²) < 4.78 is 1.96. The molecule has 0 aliphatic heterocycles. The molecule has 0 aliphatic rings. The fourth-order valence-electron chi connectivity index (χ4n) is 2.57. The van der Waals surface area contributed by atoms with Gasteiger partial charge in [0.25, 0.3) is 0 Å². The Morgan fingerprint density at radius 3 is 2.70 bits per heavy atom. The van der Waals surface area contributed by atoms with Crippen molar-refractivity contribution in [3.63, 3.8) is 0 Å². The van der Waals surface area contributed by atoms with Crippen molar-refractivity contribution < 1.29 is 0 Å². The average Bonchev–Trinajstić information content (AvgIpc) is 3.34. The van der Waals surface area contributed by atoms with Crippen molar-refractivity contribution in [2.45, 2.75) is 40.3 Å². The van der Waals surface area contributed by atoms with E-state index in [4.69, 9.17) is 4.99 Å². The van der Waals surface area contributed by atoms with E-state index in [0.29, 0.717) is 13.1 Å². The first-order valence-corrected chi connectivity index (χ1v) is 10.5. The Hall–Kier alpha value is -2.26. The van der Waals surface area contributed by atoms with Crippen LogP contribution in [0.15, 0.2) is 22.5 Å². The Balaban J connectivity index is 1.64. The van der Waals surface area contributed by atoms with Gasteiger partial charge in [0.05, 0.1) is 17.2 Å². The molecule has 27 heavy (non-hydrogen) atoms. The lowest BCUT2D eigenvalue weighted by Crippen LogP contribution is -2.38. The minimum Gasteiger partial charge on any atom is -0.356 e. The van der Waals surface area contributed by atoms with E-state index in [1.165, 1.54) is 9.75 Å². The third-order valence-electron chi connectivity index (χ3n) is 4.22. The molecule has 3 aromatic rings. The fraction of sp³-hybridized carbons (Fsp3) is 0.444. The zero-order chi connectivity index (χ0) is 19.2. The van der Waals surface area contributed by atoms with E-state index in [2.05, 4.69) is 43.3 Å². The molecule has 0 aliphatic carbocycles. The van der Waals surface area contributed by atoms with E-state index in [1.54, 1.807) is 22.7 Å². The van der Waals surface area contributed by atoms with Gasteiger partial charge in [-0.1, -0.05) is 6.07 Å². The number of nitrogens with one attached hydrogen (secondary N) is 2. The molecule has 3 heterocycles. The second kappa shape index (κ2) is 9.09. The van der Waals surface area contributed by atoms with Crippen LogP contribution in [0.1, 0.15) is 32.1 Å². The predicted octanol–water partition coefficient (Wildman–Crippen LogP) is 2.74. The third-order valence-corrected chi connectivity index (χ3v) is 6.23. The second-order valence-corrected chi connectivity index (χ2v) is 8.56. The second-order valence-electron chi connectivity index (χ2n) is 6.24. The SMILES string of the molecule is Cc1nc(C)c(CNC(=NCc2nnc(C)n2C)NCCc2cccs2)s1. The molecular formula is C18H25N7S2. The van der Waals surface area contributed by atoms with E-state index in [1.807, 2.05) is 32.4 Å². The van der Waals surface area contributed by atoms with Gasteiger partial charge in [-0.15, -0.1) is 32.9 Å². The first-order chi connectivity index (χ1) is 13.0. The Morgan fingerprint density at radius 1 is 1.22 bits per heavy atom. The minimum atomic E-state index is 0.479. The maximum atomic E-state index is 4.70. The normalized spacial score (nSPS) is 11.8. The highest BCUT2D eigenvalue weighted by Gasteiger charge is 2.08. The van der Waals surface area contributed by atoms with Gasteiger partial charge in [0.2, 0.25) is 0 Å². The summed E-state index contributed by atoms with van der Waals surface area (Å²) in [4.78, 5) is 11.8. The molecule has 0 bridgehead atoms. The summed E-state index contributed by atoms with van der Waals surface area (Å²) in [6.07, 6.45) is 0.972. The van der Waals surface area contributed by atoms with Crippen LogP contribution in [-0.4, -0.2) is 32.3 Å². The van der Waals surface area contributed by atoms with Crippen LogP contribution in [0, 0.1) is 20.8 Å². The van der Waals surface area contributed by atoms with Crippen molar-refractivity contribution in [3.8, 4) is 0 Å². The number of nitrogens with zero attached hydrogens (tertiary/aromatic N) is 5. The number of thiophene rings is 1. The van der Waals surface area contributed by atoms with Gasteiger partial charge in [0.1, 0.15) is 12.4 Å². The van der Waals surface area contributed by atoms with Gasteiger partial charge in [0.15, 0.2) is 11.8 Å². The van der Waals surface area contributed by atoms with Gasteiger partial charge in [-0.05, 0) is 38.6 Å². The van der Waals surface area contributed by atoms with E-state index in [0.717, 1.165) is 41.3 Å². The van der Waals surface area contributed by atoms with Crippen molar-refractivity contribution in [2.75, 3.05) is 6.54 Å². The average molecular weight is 404 g/mol. The summed E-state index contributed by atoms with van der Waals surface area (Å²) in [5.74, 6) is 2.51. The smallest absolute Gasteiger partial charge is 0.192 e. The quantitative estimate of drug-likeness (QED) is 0.468. The predicted molar refractivity (Wildman–Crippen MR) is 111 cm³/mol. The number of hydrogen-bond acceptors (Lipinski definition) is 6. The number of rotatable bonds is 7. The molecule has 0 unspecified atom stereocenters. The standard InChI is InChI=1S/C18H25N7S2/c1-12-16(27-14(3)22-12)10-20-18(19-8-7-15-6-5-9-26-15)21-11-17-24-23-13(2)25(17)4/h5-6,9H,7-8,10-11H2,1-4H3,(H2,19,20,21). The Bertz CT molecular complexity index is 893. The lowest BCUT2D eigenvalue weighted by molar-refractivity contribution is 0.750. The van der Waals surface area contributed by atoms with Gasteiger partial charge >= 0.3 is 0 Å². The number of hydrogen-bond donors (Lipinski definition) is 2. The molecule has 0 atom stereocenters. The van der Waals surface area contributed by atoms with Crippen LogP contribution in [0.25, 0.3) is 0 Å². The van der Waals surface area contributed by atoms with Crippen LogP contribution in [0.2, 0.25) is 0 Å². The van der Waals surface area contributed by atoms with E-state index in [-0.39, 0.29) is 0 Å². The highest BCUT2D eigenvalue weighted by molar-refractivity contribution is 7.11. The minimum absolute atomic E-state index is 0.479. The summed E-state index contributed by atoms with van der Waals surface area (Å²) in [6.45, 7) is 8.03. The molecule has 0 fully saturated rings. The number of aryl methyl sites for hydroxylation is 3. The summed E-state index contributed by atoms with van der Waals surface area (Å²) >= 11 is 3.49. The zero-order valence-corrected chi connectivity index (χ0v) is 17.7. The Labute approximate surface area is 167 Å². The topological polar surface area (TPSA) is 80.0 Å². The number of guanidine groups is 1. The molecule has 3 rings (SSSR count). The molecule has 144 valence electrons. The molecular weight excluding hydrogens is 378 g/mol. The highest BCUT2D eigenvalue weighted by Crippen LogP contribution is 2.16. The van der Waals surface area contributed by atoms with Crippen molar-refractivity contribution in [2.24, 2.45) is 12.0 Å². The third kappa shape index (κ3) is 5.36. The summed E-state index contributed by atoms with van der Waals surface area (Å²) in [6, 6.07) is 4.24. The number of aromatic nitrogens is 4. The Kier molecular flexibility index (Phi) is 6.57. The fourth-order valence-corrected chi connectivity index (χ4v) is 4.16. The van der Waals surface area contributed by atoms with E-state index < -0.39 is 0 Å². The zero-order valence-electron chi connectivity index (χ0n) is 16.1. The van der Waals surface area contributed by atoms with Gasteiger partial charge in [-0.2, -0.15) is 0 Å². The first-order valence-electron chi connectivity index (χ1n) is 8.85. The summed E-state index contributed by atoms with van der Waals surface area (Å²) in [5.41, 5.74) is 1.08. The summed E-state index contributed by atoms with van der Waals surface area (Å²) in [7, 11) is 1.96. The van der Waals surface area contributed by atoms with E-state index >= 15 is 0 Å². The summed E-state index contributed by atoms with van der Waals surface area (Å²) in [5, 5.41) is 18.3. The van der Waals surface area contributed by atoms with Gasteiger partial charge < -0.3 is 15.2 Å². The van der Waals surface area contributed by atoms with Crippen LogP contribution in [0.4, 0.5) is 0 Å². The number of thiazole rings is 1. The van der Waals surface area contributed by atoms with Gasteiger partial charge in [-0.25, -0.2) is 9.98 Å². The number of aliphatic imine (C=N–C) groups is 1. The van der Waals surface area contributed by atoms with Crippen LogP contribution in [0.5, 0.6) is 0 Å². The van der Waals surface area contributed by atoms with Crippen molar-refractivity contribution in [3.05, 3.63) is 49.6 Å². The highest BCUT2D eigenvalue weighted by atomic mass is 32.1. The lowest BCUT2D eigenvalue weighted by atomic mass is 10.3. The monoisotopic (exact) mass is 403 g/mol. The molecule has 0 spiro atoms. The molecule has 3 aromatic heterocycles. The maximum absolute atomic E-state index is 4.70. The van der Waals surface area contributed by atoms with Gasteiger partial charge in [0, 0.05) is 23.3 Å². The molecule has 0 saturated carbocycles. The first kappa shape index (κ1) is 19.5. The lowest BCUT2D eigenvalue weighted by Gasteiger charge is -2.12. The maximum Gasteiger partial charge on any atom is 0.192 e. The Morgan fingerprint density at radius 2 is 2.07 bits per heavy atom. The van der Waals surface area contributed by atoms with Crippen molar-refractivity contribution in [1.82, 2.24) is 30.4 Å². The van der Waals surface area contributed by atoms with Crippen LogP contribution in [0.3, 0.4) is 0 Å². The molecule has 2 N–H and O–H groups in total. The van der Waals surface area contributed by atoms with Crippen molar-refractivity contribution in [1.29, 1.82) is 0 Å². The van der Waals surface area contributed by atoms with Crippen molar-refractivity contribution >= 4 is 28.6 Å².